The van der Waals surface area contributed by atoms with Gasteiger partial charge in [-0.3, -0.25) is 9.59 Å². The summed E-state index contributed by atoms with van der Waals surface area (Å²) in [6, 6.07) is 27.0. The third kappa shape index (κ3) is 5.33. The zero-order chi connectivity index (χ0) is 26.6. The van der Waals surface area contributed by atoms with Crippen molar-refractivity contribution in [3.63, 3.8) is 0 Å². The minimum absolute atomic E-state index is 0.254. The maximum Gasteiger partial charge on any atom is 0.235 e. The summed E-state index contributed by atoms with van der Waals surface area (Å²) in [5.41, 5.74) is 2.50. The molecule has 1 aliphatic rings. The number of amides is 1. The first-order valence-electron chi connectivity index (χ1n) is 12.2. The highest BCUT2D eigenvalue weighted by Gasteiger charge is 2.52. The summed E-state index contributed by atoms with van der Waals surface area (Å²) in [7, 11) is 0. The lowest BCUT2D eigenvalue weighted by Crippen LogP contribution is -2.59. The number of hydrogen-bond acceptors (Lipinski definition) is 4. The smallest absolute Gasteiger partial charge is 0.235 e. The van der Waals surface area contributed by atoms with Crippen LogP contribution in [0.4, 0.5) is 14.5 Å². The number of halogens is 2. The highest BCUT2D eigenvalue weighted by Crippen LogP contribution is 2.46. The first kappa shape index (κ1) is 25.3. The molecule has 38 heavy (non-hydrogen) atoms. The Bertz CT molecular complexity index is 1410. The molecule has 1 unspecified atom stereocenters. The first-order chi connectivity index (χ1) is 18.4. The number of aliphatic hydroxyl groups excluding tert-OH is 1. The summed E-state index contributed by atoms with van der Waals surface area (Å²) in [5, 5.41) is 11.0. The average Bonchev–Trinajstić information content (AvgIpc) is 2.93. The van der Waals surface area contributed by atoms with Crippen molar-refractivity contribution in [2.24, 2.45) is 5.92 Å². The van der Waals surface area contributed by atoms with Gasteiger partial charge in [0.1, 0.15) is 24.0 Å². The van der Waals surface area contributed by atoms with E-state index in [1.165, 1.54) is 53.4 Å². The van der Waals surface area contributed by atoms with Crippen molar-refractivity contribution in [3.8, 4) is 5.75 Å². The molecular weight excluding hydrogens is 488 g/mol. The lowest BCUT2D eigenvalue weighted by atomic mass is 9.76. The molecule has 0 aliphatic carbocycles. The van der Waals surface area contributed by atoms with E-state index < -0.39 is 35.5 Å². The van der Waals surface area contributed by atoms with Crippen LogP contribution in [-0.4, -0.2) is 22.9 Å². The summed E-state index contributed by atoms with van der Waals surface area (Å²) in [6.45, 7) is 0.399. The molecule has 0 bridgehead atoms. The number of β-lactam (4-membered cyclic amide) rings is 1. The molecule has 1 fully saturated rings. The van der Waals surface area contributed by atoms with E-state index >= 15 is 0 Å². The van der Waals surface area contributed by atoms with E-state index in [0.29, 0.717) is 18.0 Å². The van der Waals surface area contributed by atoms with Gasteiger partial charge in [-0.2, -0.15) is 0 Å². The molecule has 1 N–H and O–H groups in total. The molecule has 4 aromatic carbocycles. The van der Waals surface area contributed by atoms with Gasteiger partial charge in [0.15, 0.2) is 5.78 Å². The van der Waals surface area contributed by atoms with E-state index in [4.69, 9.17) is 4.74 Å². The van der Waals surface area contributed by atoms with Crippen molar-refractivity contribution in [1.29, 1.82) is 0 Å². The van der Waals surface area contributed by atoms with Crippen LogP contribution in [0.3, 0.4) is 0 Å². The molecule has 192 valence electrons. The van der Waals surface area contributed by atoms with Gasteiger partial charge >= 0.3 is 0 Å². The van der Waals surface area contributed by atoms with Crippen LogP contribution in [0.25, 0.3) is 0 Å². The molecular formula is C31H25F2NO4. The molecule has 0 spiro atoms. The summed E-state index contributed by atoms with van der Waals surface area (Å²) in [6.07, 6.45) is -1.57. The number of ether oxygens (including phenoxy) is 1. The van der Waals surface area contributed by atoms with Crippen molar-refractivity contribution in [3.05, 3.63) is 131 Å². The van der Waals surface area contributed by atoms with Gasteiger partial charge in [0, 0.05) is 17.7 Å². The number of benzene rings is 4. The van der Waals surface area contributed by atoms with E-state index in [0.717, 1.165) is 11.1 Å². The number of Topliss-reactive ketones (excluding diaryl/α,β-unsaturated/α-hetero) is 1. The van der Waals surface area contributed by atoms with Crippen LogP contribution < -0.4 is 9.64 Å². The highest BCUT2D eigenvalue weighted by molar-refractivity contribution is 6.04. The van der Waals surface area contributed by atoms with Crippen molar-refractivity contribution in [1.82, 2.24) is 0 Å². The van der Waals surface area contributed by atoms with Crippen molar-refractivity contribution in [2.75, 3.05) is 4.90 Å². The molecule has 5 rings (SSSR count). The van der Waals surface area contributed by atoms with Crippen LogP contribution in [0.15, 0.2) is 103 Å². The molecule has 1 saturated heterocycles. The number of aliphatic hydroxyl groups is 1. The maximum atomic E-state index is 13.5. The first-order valence-corrected chi connectivity index (χ1v) is 12.2. The quantitative estimate of drug-likeness (QED) is 0.224. The molecule has 0 saturated carbocycles. The van der Waals surface area contributed by atoms with Gasteiger partial charge in [-0.25, -0.2) is 8.78 Å². The monoisotopic (exact) mass is 513 g/mol. The molecule has 3 atom stereocenters. The molecule has 5 nitrogen and oxygen atoms in total. The molecule has 4 aromatic rings. The van der Waals surface area contributed by atoms with Gasteiger partial charge < -0.3 is 14.7 Å². The van der Waals surface area contributed by atoms with E-state index in [1.54, 1.807) is 12.1 Å². The fourth-order valence-electron chi connectivity index (χ4n) is 4.70. The minimum Gasteiger partial charge on any atom is -0.489 e. The van der Waals surface area contributed by atoms with Gasteiger partial charge in [-0.1, -0.05) is 42.5 Å². The Kier molecular flexibility index (Phi) is 7.29. The van der Waals surface area contributed by atoms with Crippen LogP contribution in [-0.2, 0) is 11.4 Å². The van der Waals surface area contributed by atoms with Crippen LogP contribution >= 0.6 is 0 Å². The molecule has 1 amide bonds. The Hall–Kier alpha value is -4.36. The zero-order valence-electron chi connectivity index (χ0n) is 20.3. The Morgan fingerprint density at radius 2 is 1.45 bits per heavy atom. The van der Waals surface area contributed by atoms with Gasteiger partial charge in [0.05, 0.1) is 18.1 Å². The number of rotatable bonds is 9. The fraction of sp³-hybridized carbons (Fsp3) is 0.161. The largest absolute Gasteiger partial charge is 0.489 e. The van der Waals surface area contributed by atoms with Gasteiger partial charge in [0.25, 0.3) is 0 Å². The van der Waals surface area contributed by atoms with Crippen LogP contribution in [0.2, 0.25) is 0 Å². The Morgan fingerprint density at radius 3 is 2.08 bits per heavy atom. The molecule has 1 heterocycles. The van der Waals surface area contributed by atoms with E-state index in [1.807, 2.05) is 42.5 Å². The molecule has 0 radical (unpaired) electrons. The second kappa shape index (κ2) is 10.9. The number of hydrogen-bond donors (Lipinski definition) is 1. The van der Waals surface area contributed by atoms with Crippen molar-refractivity contribution < 1.29 is 28.2 Å². The summed E-state index contributed by atoms with van der Waals surface area (Å²) >= 11 is 0. The van der Waals surface area contributed by atoms with Crippen molar-refractivity contribution in [2.45, 2.75) is 25.2 Å². The van der Waals surface area contributed by atoms with Crippen LogP contribution in [0.5, 0.6) is 5.75 Å². The van der Waals surface area contributed by atoms with Gasteiger partial charge in [-0.05, 0) is 71.8 Å². The second-order valence-corrected chi connectivity index (χ2v) is 9.20. The summed E-state index contributed by atoms with van der Waals surface area (Å²) < 4.78 is 32.7. The standard InChI is InChI=1S/C31H25F2NO4/c32-23-10-6-21(7-11-23)27(35)18-28(36)29-30(34(31(29)37)25-14-12-24(33)13-15-25)22-8-16-26(17-9-22)38-19-20-4-2-1-3-5-20/h1-17,28-30,36H,18-19H2/t28?,29-,30-/m1/s1. The highest BCUT2D eigenvalue weighted by atomic mass is 19.1. The number of nitrogens with zero attached hydrogens (tertiary/aromatic N) is 1. The fourth-order valence-corrected chi connectivity index (χ4v) is 4.70. The lowest BCUT2D eigenvalue weighted by molar-refractivity contribution is -0.135. The second-order valence-electron chi connectivity index (χ2n) is 9.20. The molecule has 0 aromatic heterocycles. The minimum atomic E-state index is -1.27. The summed E-state index contributed by atoms with van der Waals surface area (Å²) in [4.78, 5) is 27.5. The van der Waals surface area contributed by atoms with E-state index in [2.05, 4.69) is 0 Å². The van der Waals surface area contributed by atoms with E-state index in [9.17, 15) is 23.5 Å². The number of carbonyl (C=O) groups is 2. The Morgan fingerprint density at radius 1 is 0.842 bits per heavy atom. The number of carbonyl (C=O) groups excluding carboxylic acids is 2. The van der Waals surface area contributed by atoms with Gasteiger partial charge in [-0.15, -0.1) is 0 Å². The van der Waals surface area contributed by atoms with Crippen LogP contribution in [0, 0.1) is 17.6 Å². The number of anilines is 1. The third-order valence-corrected chi connectivity index (χ3v) is 6.69. The maximum absolute atomic E-state index is 13.5. The van der Waals surface area contributed by atoms with Crippen molar-refractivity contribution >= 4 is 17.4 Å². The average molecular weight is 514 g/mol. The Labute approximate surface area is 218 Å². The number of ketones is 1. The molecule has 1 aliphatic heterocycles. The third-order valence-electron chi connectivity index (χ3n) is 6.69. The zero-order valence-corrected chi connectivity index (χ0v) is 20.3. The Balaban J connectivity index is 1.36. The predicted octanol–water partition coefficient (Wildman–Crippen LogP) is 5.88. The van der Waals surface area contributed by atoms with E-state index in [-0.39, 0.29) is 17.9 Å². The van der Waals surface area contributed by atoms with Gasteiger partial charge in [0.2, 0.25) is 5.91 Å². The normalized spacial score (nSPS) is 17.6. The lowest BCUT2D eigenvalue weighted by Gasteiger charge is -2.49. The molecule has 7 heteroatoms. The summed E-state index contributed by atoms with van der Waals surface area (Å²) in [5.74, 6) is -1.91. The van der Waals surface area contributed by atoms with Crippen LogP contribution in [0.1, 0.15) is 33.9 Å². The predicted molar refractivity (Wildman–Crippen MR) is 139 cm³/mol. The topological polar surface area (TPSA) is 66.8 Å². The SMILES string of the molecule is O=C(CC(O)[C@H]1C(=O)N(c2ccc(F)cc2)[C@@H]1c1ccc(OCc2ccccc2)cc1)c1ccc(F)cc1.